The van der Waals surface area contributed by atoms with E-state index < -0.39 is 34.1 Å². The van der Waals surface area contributed by atoms with E-state index in [2.05, 4.69) is 15.4 Å². The molecule has 0 aromatic rings. The van der Waals surface area contributed by atoms with Gasteiger partial charge in [-0.3, -0.25) is 9.59 Å². The summed E-state index contributed by atoms with van der Waals surface area (Å²) in [5.74, 6) is -0.525. The Morgan fingerprint density at radius 2 is 1.78 bits per heavy atom. The predicted molar refractivity (Wildman–Crippen MR) is 119 cm³/mol. The highest BCUT2D eigenvalue weighted by Gasteiger charge is 2.27. The second kappa shape index (κ2) is 14.3. The van der Waals surface area contributed by atoms with Gasteiger partial charge in [-0.05, 0) is 25.7 Å². The van der Waals surface area contributed by atoms with Crippen molar-refractivity contribution in [1.82, 2.24) is 20.3 Å². The molecular formula is C20H38N4O7S. The number of nitrogens with zero attached hydrogens (tertiary/aromatic N) is 1. The van der Waals surface area contributed by atoms with Gasteiger partial charge in [0.05, 0.1) is 18.4 Å². The van der Waals surface area contributed by atoms with E-state index in [1.165, 1.54) is 11.8 Å². The Labute approximate surface area is 190 Å². The maximum atomic E-state index is 12.7. The van der Waals surface area contributed by atoms with E-state index in [9.17, 15) is 27.9 Å². The van der Waals surface area contributed by atoms with Crippen molar-refractivity contribution in [2.75, 3.05) is 32.5 Å². The number of hydrogen-bond acceptors (Lipinski definition) is 6. The lowest BCUT2D eigenvalue weighted by atomic mass is 9.84. The molecule has 11 nitrogen and oxygen atoms in total. The predicted octanol–water partition coefficient (Wildman–Crippen LogP) is 0.248. The van der Waals surface area contributed by atoms with Crippen molar-refractivity contribution in [2.24, 2.45) is 5.92 Å². The molecule has 0 radical (unpaired) electrons. The quantitative estimate of drug-likeness (QED) is 0.239. The Bertz CT molecular complexity index is 711. The minimum Gasteiger partial charge on any atom is -0.465 e. The average molecular weight is 479 g/mol. The molecule has 3 amide bonds. The molecule has 0 aromatic carbocycles. The first-order valence-corrected chi connectivity index (χ1v) is 12.8. The van der Waals surface area contributed by atoms with Crippen LogP contribution in [0.1, 0.15) is 58.3 Å². The van der Waals surface area contributed by atoms with E-state index in [1.807, 2.05) is 0 Å². The van der Waals surface area contributed by atoms with E-state index >= 15 is 0 Å². The number of amides is 3. The lowest BCUT2D eigenvalue weighted by Gasteiger charge is -2.27. The summed E-state index contributed by atoms with van der Waals surface area (Å²) in [4.78, 5) is 37.5. The zero-order valence-corrected chi connectivity index (χ0v) is 19.8. The van der Waals surface area contributed by atoms with Crippen LogP contribution in [-0.4, -0.2) is 86.0 Å². The van der Waals surface area contributed by atoms with Gasteiger partial charge in [-0.25, -0.2) is 17.9 Å². The van der Waals surface area contributed by atoms with Gasteiger partial charge < -0.3 is 25.7 Å². The summed E-state index contributed by atoms with van der Waals surface area (Å²) in [5.41, 5.74) is 0. The largest absolute Gasteiger partial charge is 0.465 e. The molecule has 2 atom stereocenters. The van der Waals surface area contributed by atoms with Gasteiger partial charge in [0.25, 0.3) is 0 Å². The molecule has 0 saturated heterocycles. The highest BCUT2D eigenvalue weighted by molar-refractivity contribution is 7.89. The number of carbonyl (C=O) groups excluding carboxylic acids is 2. The van der Waals surface area contributed by atoms with Crippen LogP contribution in [0, 0.1) is 5.92 Å². The summed E-state index contributed by atoms with van der Waals surface area (Å²) in [7, 11) is -1.78. The van der Waals surface area contributed by atoms with Crippen LogP contribution in [0.4, 0.5) is 4.79 Å². The fourth-order valence-corrected chi connectivity index (χ4v) is 4.34. The van der Waals surface area contributed by atoms with Crippen molar-refractivity contribution in [2.45, 2.75) is 70.4 Å². The number of aliphatic hydroxyl groups is 1. The number of sulfonamides is 1. The monoisotopic (exact) mass is 478 g/mol. The van der Waals surface area contributed by atoms with Gasteiger partial charge in [0.15, 0.2) is 0 Å². The van der Waals surface area contributed by atoms with Crippen molar-refractivity contribution in [1.29, 1.82) is 0 Å². The minimum absolute atomic E-state index is 0.0407. The fraction of sp³-hybridized carbons (Fsp3) is 0.850. The zero-order chi connectivity index (χ0) is 24.1. The first kappa shape index (κ1) is 28.1. The van der Waals surface area contributed by atoms with Gasteiger partial charge in [-0.15, -0.1) is 0 Å². The Hall–Kier alpha value is -1.92. The van der Waals surface area contributed by atoms with Gasteiger partial charge in [-0.1, -0.05) is 32.1 Å². The molecule has 186 valence electrons. The van der Waals surface area contributed by atoms with E-state index in [4.69, 9.17) is 5.11 Å². The van der Waals surface area contributed by atoms with Gasteiger partial charge in [-0.2, -0.15) is 0 Å². The molecular weight excluding hydrogens is 440 g/mol. The second-order valence-corrected chi connectivity index (χ2v) is 10.4. The molecule has 1 rings (SSSR count). The number of nitrogens with one attached hydrogen (secondary N) is 3. The number of carbonyl (C=O) groups is 3. The van der Waals surface area contributed by atoms with Crippen LogP contribution in [0.2, 0.25) is 0 Å². The second-order valence-electron chi connectivity index (χ2n) is 8.28. The summed E-state index contributed by atoms with van der Waals surface area (Å²) >= 11 is 0. The van der Waals surface area contributed by atoms with Crippen LogP contribution >= 0.6 is 0 Å². The topological polar surface area (TPSA) is 165 Å². The smallest absolute Gasteiger partial charge is 0.405 e. The van der Waals surface area contributed by atoms with Crippen LogP contribution < -0.4 is 15.4 Å². The highest BCUT2D eigenvalue weighted by atomic mass is 32.2. The fourth-order valence-electron chi connectivity index (χ4n) is 3.73. The normalized spacial score (nSPS) is 16.7. The van der Waals surface area contributed by atoms with Gasteiger partial charge >= 0.3 is 6.09 Å². The first-order chi connectivity index (χ1) is 15.1. The number of hydrogen-bond donors (Lipinski definition) is 5. The molecule has 0 bridgehead atoms. The number of likely N-dealkylation sites (N-methyl/N-ethyl adjacent to an activating group) is 1. The summed E-state index contributed by atoms with van der Waals surface area (Å²) in [5, 5.41) is 23.6. The lowest BCUT2D eigenvalue weighted by Crippen LogP contribution is -2.51. The lowest BCUT2D eigenvalue weighted by molar-refractivity contribution is -0.130. The van der Waals surface area contributed by atoms with Crippen molar-refractivity contribution >= 4 is 27.9 Å². The average Bonchev–Trinajstić information content (AvgIpc) is 2.75. The molecule has 2 unspecified atom stereocenters. The Morgan fingerprint density at radius 3 is 2.34 bits per heavy atom. The molecule has 5 N–H and O–H groups in total. The van der Waals surface area contributed by atoms with E-state index in [-0.39, 0.29) is 50.1 Å². The van der Waals surface area contributed by atoms with Crippen molar-refractivity contribution in [3.8, 4) is 0 Å². The van der Waals surface area contributed by atoms with E-state index in [1.54, 1.807) is 7.05 Å². The Balaban J connectivity index is 2.51. The third-order valence-corrected chi connectivity index (χ3v) is 7.16. The van der Waals surface area contributed by atoms with Crippen LogP contribution in [0.5, 0.6) is 0 Å². The van der Waals surface area contributed by atoms with Crippen LogP contribution in [-0.2, 0) is 19.6 Å². The SMILES string of the molecule is CCS(=O)(=O)NCCN(C)C(=O)CCC(CO)NC(=O)C(CC1CCCCC1)NC(=O)O. The molecule has 0 spiro atoms. The summed E-state index contributed by atoms with van der Waals surface area (Å²) in [6.45, 7) is 1.43. The molecule has 32 heavy (non-hydrogen) atoms. The standard InChI is InChI=1S/C20H38N4O7S/c1-3-32(30,31)21-11-12-24(2)18(26)10-9-16(14-25)22-19(27)17(23-20(28)29)13-15-7-5-4-6-8-15/h15-17,21,23,25H,3-14H2,1-2H3,(H,22,27)(H,28,29). The molecule has 1 aliphatic rings. The zero-order valence-electron chi connectivity index (χ0n) is 19.0. The molecule has 0 aliphatic heterocycles. The van der Waals surface area contributed by atoms with Crippen LogP contribution in [0.25, 0.3) is 0 Å². The number of rotatable bonds is 14. The maximum absolute atomic E-state index is 12.7. The van der Waals surface area contributed by atoms with Gasteiger partial charge in [0, 0.05) is 26.6 Å². The van der Waals surface area contributed by atoms with Crippen molar-refractivity contribution in [3.63, 3.8) is 0 Å². The summed E-state index contributed by atoms with van der Waals surface area (Å²) < 4.78 is 25.2. The Morgan fingerprint density at radius 1 is 1.12 bits per heavy atom. The number of aliphatic hydroxyl groups excluding tert-OH is 1. The molecule has 1 saturated carbocycles. The van der Waals surface area contributed by atoms with E-state index in [0.29, 0.717) is 6.42 Å². The molecule has 1 fully saturated rings. The number of carboxylic acid groups (broad SMARTS) is 1. The summed E-state index contributed by atoms with van der Waals surface area (Å²) in [6, 6.07) is -1.60. The molecule has 0 aromatic heterocycles. The van der Waals surface area contributed by atoms with Crippen LogP contribution in [0.3, 0.4) is 0 Å². The van der Waals surface area contributed by atoms with Crippen molar-refractivity contribution in [3.05, 3.63) is 0 Å². The third-order valence-electron chi connectivity index (χ3n) is 5.76. The minimum atomic E-state index is -3.33. The Kier molecular flexibility index (Phi) is 12.5. The van der Waals surface area contributed by atoms with Crippen LogP contribution in [0.15, 0.2) is 0 Å². The highest BCUT2D eigenvalue weighted by Crippen LogP contribution is 2.27. The molecule has 12 heteroatoms. The first-order valence-electron chi connectivity index (χ1n) is 11.2. The molecule has 0 heterocycles. The van der Waals surface area contributed by atoms with E-state index in [0.717, 1.165) is 32.1 Å². The van der Waals surface area contributed by atoms with Crippen molar-refractivity contribution < 1.29 is 33.0 Å². The molecule has 1 aliphatic carbocycles. The third kappa shape index (κ3) is 11.1. The van der Waals surface area contributed by atoms with Gasteiger partial charge in [0.1, 0.15) is 6.04 Å². The van der Waals surface area contributed by atoms with Gasteiger partial charge in [0.2, 0.25) is 21.8 Å². The maximum Gasteiger partial charge on any atom is 0.405 e. The summed E-state index contributed by atoms with van der Waals surface area (Å²) in [6.07, 6.45) is 4.56.